The van der Waals surface area contributed by atoms with Crippen molar-refractivity contribution in [2.75, 3.05) is 13.7 Å². The van der Waals surface area contributed by atoms with E-state index in [1.807, 2.05) is 52.0 Å². The van der Waals surface area contributed by atoms with Gasteiger partial charge in [-0.1, -0.05) is 85.2 Å². The molecule has 0 spiro atoms. The molecule has 2 N–H and O–H groups in total. The number of aliphatic hydroxyl groups excluding tert-OH is 1. The van der Waals surface area contributed by atoms with Crippen molar-refractivity contribution < 1.29 is 28.5 Å². The number of methoxy groups -OCH3 is 1. The average molecular weight is 702 g/mol. The molecule has 7 nitrogen and oxygen atoms in total. The van der Waals surface area contributed by atoms with E-state index in [0.29, 0.717) is 19.6 Å². The van der Waals surface area contributed by atoms with Gasteiger partial charge in [0.25, 0.3) is 0 Å². The predicted molar refractivity (Wildman–Crippen MR) is 204 cm³/mol. The van der Waals surface area contributed by atoms with Gasteiger partial charge in [-0.05, 0) is 81.3 Å². The van der Waals surface area contributed by atoms with E-state index in [1.54, 1.807) is 7.11 Å². The molecule has 0 radical (unpaired) electrons. The van der Waals surface area contributed by atoms with Crippen LogP contribution in [-0.4, -0.2) is 65.2 Å². The van der Waals surface area contributed by atoms with E-state index in [4.69, 9.17) is 18.6 Å². The van der Waals surface area contributed by atoms with Crippen LogP contribution in [0.25, 0.3) is 0 Å². The third kappa shape index (κ3) is 17.9. The van der Waals surface area contributed by atoms with Gasteiger partial charge < -0.3 is 29.1 Å². The molecule has 272 valence electrons. The molecule has 1 unspecified atom stereocenters. The van der Waals surface area contributed by atoms with Crippen LogP contribution in [0.2, 0.25) is 37.8 Å². The Balaban J connectivity index is 3.31. The number of benzene rings is 1. The molecule has 0 aliphatic carbocycles. The number of nitrogens with one attached hydrogen (secondary N) is 1. The van der Waals surface area contributed by atoms with E-state index in [9.17, 15) is 9.90 Å². The number of ether oxygens (including phenoxy) is 3. The third-order valence-electron chi connectivity index (χ3n) is 8.31. The second-order valence-corrected chi connectivity index (χ2v) is 26.5. The van der Waals surface area contributed by atoms with Gasteiger partial charge in [0.1, 0.15) is 31.6 Å². The largest absolute Gasteiger partial charge is 0.497 e. The van der Waals surface area contributed by atoms with Gasteiger partial charge in [0, 0.05) is 18.9 Å². The first-order valence-electron chi connectivity index (χ1n) is 17.5. The zero-order valence-electron chi connectivity index (χ0n) is 32.8. The molecule has 0 aliphatic heterocycles. The maximum Gasteiger partial charge on any atom is 0.407 e. The van der Waals surface area contributed by atoms with Gasteiger partial charge in [-0.25, -0.2) is 4.79 Å². The number of carbonyl (C=O) groups is 1. The van der Waals surface area contributed by atoms with Gasteiger partial charge >= 0.3 is 6.09 Å². The van der Waals surface area contributed by atoms with E-state index in [1.165, 1.54) is 0 Å². The first-order chi connectivity index (χ1) is 21.9. The summed E-state index contributed by atoms with van der Waals surface area (Å²) in [4.78, 5) is 12.1. The van der Waals surface area contributed by atoms with Gasteiger partial charge in [0.2, 0.25) is 0 Å². The van der Waals surface area contributed by atoms with Crippen molar-refractivity contribution in [2.45, 2.75) is 150 Å². The highest BCUT2D eigenvalue weighted by Crippen LogP contribution is 2.39. The molecule has 0 aromatic heterocycles. The van der Waals surface area contributed by atoms with Crippen molar-refractivity contribution in [2.24, 2.45) is 17.8 Å². The highest BCUT2D eigenvalue weighted by Gasteiger charge is 2.42. The fourth-order valence-electron chi connectivity index (χ4n) is 4.72. The smallest absolute Gasteiger partial charge is 0.407 e. The first kappa shape index (κ1) is 43.7. The lowest BCUT2D eigenvalue weighted by Crippen LogP contribution is -2.51. The lowest BCUT2D eigenvalue weighted by molar-refractivity contribution is -0.0904. The monoisotopic (exact) mass is 701 g/mol. The summed E-state index contributed by atoms with van der Waals surface area (Å²) in [6.07, 6.45) is -0.305. The van der Waals surface area contributed by atoms with Gasteiger partial charge in [-0.15, -0.1) is 11.5 Å². The van der Waals surface area contributed by atoms with Crippen LogP contribution >= 0.6 is 0 Å². The minimum Gasteiger partial charge on any atom is -0.497 e. The van der Waals surface area contributed by atoms with Gasteiger partial charge in [0.15, 0.2) is 8.32 Å². The van der Waals surface area contributed by atoms with E-state index < -0.39 is 40.3 Å². The van der Waals surface area contributed by atoms with Gasteiger partial charge in [-0.3, -0.25) is 0 Å². The number of carbonyl (C=O) groups excluding carboxylic acids is 1. The average Bonchev–Trinajstić information content (AvgIpc) is 2.93. The molecule has 0 saturated carbocycles. The van der Waals surface area contributed by atoms with Crippen molar-refractivity contribution in [3.8, 4) is 29.1 Å². The quantitative estimate of drug-likeness (QED) is 0.140. The third-order valence-corrected chi connectivity index (χ3v) is 13.7. The van der Waals surface area contributed by atoms with Crippen molar-refractivity contribution in [3.63, 3.8) is 0 Å². The van der Waals surface area contributed by atoms with Crippen molar-refractivity contribution in [3.05, 3.63) is 29.8 Å². The topological polar surface area (TPSA) is 86.2 Å². The van der Waals surface area contributed by atoms with Crippen LogP contribution in [0.4, 0.5) is 4.79 Å². The molecular weight excluding hydrogens is 635 g/mol. The zero-order valence-corrected chi connectivity index (χ0v) is 34.8. The number of rotatable bonds is 15. The zero-order chi connectivity index (χ0) is 36.9. The van der Waals surface area contributed by atoms with Crippen LogP contribution in [0, 0.1) is 41.1 Å². The molecule has 0 saturated heterocycles. The number of aliphatic hydroxyl groups is 1. The lowest BCUT2D eigenvalue weighted by Gasteiger charge is -2.42. The van der Waals surface area contributed by atoms with E-state index in [-0.39, 0.29) is 28.9 Å². The summed E-state index contributed by atoms with van der Waals surface area (Å²) in [5.74, 6) is 11.0. The molecule has 0 heterocycles. The molecule has 0 fully saturated rings. The number of hydrogen-bond donors (Lipinski definition) is 2. The second kappa shape index (κ2) is 19.2. The molecule has 1 aromatic carbocycles. The summed E-state index contributed by atoms with van der Waals surface area (Å²) < 4.78 is 24.3. The SMILES string of the molecule is COc1ccc(CO[C@@H](C(O)C#C[C@@H](C)C[C@@H](C)CNC(=O)OC(C)(C)C)[C@@H](C[C@H](C)CC#C[Si](C)(C)C)O[Si](C)(C)C(C)(C)C)cc1. The molecule has 0 aliphatic rings. The summed E-state index contributed by atoms with van der Waals surface area (Å²) in [5.41, 5.74) is 3.92. The van der Waals surface area contributed by atoms with E-state index in [2.05, 4.69) is 96.0 Å². The van der Waals surface area contributed by atoms with Crippen LogP contribution in [0.15, 0.2) is 24.3 Å². The summed E-state index contributed by atoms with van der Waals surface area (Å²) in [7, 11) is -2.09. The maximum atomic E-state index is 12.1. The second-order valence-electron chi connectivity index (χ2n) is 17.0. The van der Waals surface area contributed by atoms with Gasteiger partial charge in [-0.2, -0.15) is 0 Å². The molecule has 1 rings (SSSR count). The molecule has 1 aromatic rings. The van der Waals surface area contributed by atoms with E-state index >= 15 is 0 Å². The molecule has 48 heavy (non-hydrogen) atoms. The normalized spacial score (nSPS) is 16.2. The van der Waals surface area contributed by atoms with Crippen molar-refractivity contribution >= 4 is 22.5 Å². The molecule has 1 amide bonds. The first-order valence-corrected chi connectivity index (χ1v) is 23.9. The Labute approximate surface area is 295 Å². The summed E-state index contributed by atoms with van der Waals surface area (Å²) in [6, 6.07) is 7.77. The van der Waals surface area contributed by atoms with Crippen LogP contribution < -0.4 is 10.1 Å². The number of amides is 1. The highest BCUT2D eigenvalue weighted by atomic mass is 28.4. The Bertz CT molecular complexity index is 1240. The van der Waals surface area contributed by atoms with Crippen LogP contribution in [0.1, 0.15) is 87.1 Å². The minimum absolute atomic E-state index is 0.00662. The predicted octanol–water partition coefficient (Wildman–Crippen LogP) is 8.82. The number of alkyl carbamates (subject to hydrolysis) is 1. The summed E-state index contributed by atoms with van der Waals surface area (Å²) >= 11 is 0. The molecule has 6 atom stereocenters. The molecule has 9 heteroatoms. The molecular formula is C39H67NO6Si2. The Morgan fingerprint density at radius 1 is 0.917 bits per heavy atom. The standard InChI is InChI=1S/C39H67NO6Si2/c1-29(17-16-24-47(11,12)13)26-35(46-48(14,15)39(7,8)9)36(44-28-32-19-21-33(43-10)22-20-32)34(41)23-18-30(2)25-31(3)27-40-37(42)45-38(4,5)6/h19-22,29-31,34-36,41H,17,25-28H2,1-15H3,(H,40,42)/t29-,30-,31-,34?,35-,36+/m1/s1. The van der Waals surface area contributed by atoms with E-state index in [0.717, 1.165) is 24.2 Å². The van der Waals surface area contributed by atoms with Crippen LogP contribution in [0.3, 0.4) is 0 Å². The minimum atomic E-state index is -2.26. The maximum absolute atomic E-state index is 12.1. The highest BCUT2D eigenvalue weighted by molar-refractivity contribution is 6.83. The lowest BCUT2D eigenvalue weighted by atomic mass is 9.94. The Kier molecular flexibility index (Phi) is 17.5. The van der Waals surface area contributed by atoms with Crippen LogP contribution in [-0.2, 0) is 20.5 Å². The Hall–Kier alpha value is -2.28. The van der Waals surface area contributed by atoms with Crippen LogP contribution in [0.5, 0.6) is 5.75 Å². The fraction of sp³-hybridized carbons (Fsp3) is 0.718. The van der Waals surface area contributed by atoms with Crippen molar-refractivity contribution in [1.82, 2.24) is 5.32 Å². The fourth-order valence-corrected chi connectivity index (χ4v) is 6.69. The number of hydrogen-bond acceptors (Lipinski definition) is 6. The van der Waals surface area contributed by atoms with Crippen molar-refractivity contribution in [1.29, 1.82) is 0 Å². The summed E-state index contributed by atoms with van der Waals surface area (Å²) in [5, 5.41) is 14.5. The van der Waals surface area contributed by atoms with Gasteiger partial charge in [0.05, 0.1) is 19.8 Å². The molecule has 0 bridgehead atoms. The summed E-state index contributed by atoms with van der Waals surface area (Å²) in [6.45, 7) is 30.6. The Morgan fingerprint density at radius 2 is 1.52 bits per heavy atom. The Morgan fingerprint density at radius 3 is 2.04 bits per heavy atom.